The number of hydrogen-bond acceptors (Lipinski definition) is 2. The predicted octanol–water partition coefficient (Wildman–Crippen LogP) is 3.43. The van der Waals surface area contributed by atoms with Gasteiger partial charge < -0.3 is 11.1 Å². The van der Waals surface area contributed by atoms with Crippen molar-refractivity contribution < 1.29 is 18.0 Å². The molecule has 1 aromatic rings. The summed E-state index contributed by atoms with van der Waals surface area (Å²) in [7, 11) is 0. The largest absolute Gasteiger partial charge is 0.416 e. The highest BCUT2D eigenvalue weighted by molar-refractivity contribution is 6.33. The quantitative estimate of drug-likeness (QED) is 0.818. The Morgan fingerprint density at radius 1 is 1.32 bits per heavy atom. The van der Waals surface area contributed by atoms with Crippen LogP contribution in [0.5, 0.6) is 0 Å². The molecule has 1 aromatic carbocycles. The number of nitrogens with one attached hydrogen (secondary N) is 1. The smallest absolute Gasteiger partial charge is 0.330 e. The third kappa shape index (κ3) is 5.08. The summed E-state index contributed by atoms with van der Waals surface area (Å²) < 4.78 is 37.2. The predicted molar refractivity (Wildman–Crippen MR) is 68.0 cm³/mol. The van der Waals surface area contributed by atoms with Crippen molar-refractivity contribution >= 4 is 23.2 Å². The molecule has 19 heavy (non-hydrogen) atoms. The molecular weight excluding hydrogens is 281 g/mol. The van der Waals surface area contributed by atoms with Crippen molar-refractivity contribution in [3.63, 3.8) is 0 Å². The van der Waals surface area contributed by atoms with Crippen molar-refractivity contribution in [1.29, 1.82) is 0 Å². The molecule has 1 amide bonds. The normalized spacial score (nSPS) is 11.4. The molecule has 0 bridgehead atoms. The van der Waals surface area contributed by atoms with Gasteiger partial charge in [0.1, 0.15) is 0 Å². The summed E-state index contributed by atoms with van der Waals surface area (Å²) in [6.07, 6.45) is -2.85. The zero-order valence-corrected chi connectivity index (χ0v) is 10.8. The van der Waals surface area contributed by atoms with Crippen LogP contribution in [-0.4, -0.2) is 12.5 Å². The number of hydrogen-bond donors (Lipinski definition) is 2. The van der Waals surface area contributed by atoms with Gasteiger partial charge in [0, 0.05) is 6.42 Å². The number of benzene rings is 1. The number of anilines is 1. The van der Waals surface area contributed by atoms with Gasteiger partial charge in [0.15, 0.2) is 0 Å². The fourth-order valence-corrected chi connectivity index (χ4v) is 1.66. The fraction of sp³-hybridized carbons (Fsp3) is 0.417. The first-order chi connectivity index (χ1) is 8.84. The lowest BCUT2D eigenvalue weighted by Crippen LogP contribution is -2.13. The maximum absolute atomic E-state index is 12.4. The minimum absolute atomic E-state index is 0.137. The van der Waals surface area contributed by atoms with Crippen molar-refractivity contribution in [2.75, 3.05) is 11.9 Å². The van der Waals surface area contributed by atoms with Crippen molar-refractivity contribution in [3.8, 4) is 0 Å². The van der Waals surface area contributed by atoms with Gasteiger partial charge in [-0.2, -0.15) is 13.2 Å². The molecule has 0 saturated carbocycles. The van der Waals surface area contributed by atoms with Gasteiger partial charge in [-0.15, -0.1) is 0 Å². The Morgan fingerprint density at radius 3 is 2.53 bits per heavy atom. The summed E-state index contributed by atoms with van der Waals surface area (Å²) in [4.78, 5) is 11.5. The number of halogens is 4. The fourth-order valence-electron chi connectivity index (χ4n) is 1.44. The Labute approximate surface area is 113 Å². The van der Waals surface area contributed by atoms with E-state index in [0.717, 1.165) is 18.2 Å². The molecular formula is C12H14ClF3N2O. The van der Waals surface area contributed by atoms with Crippen molar-refractivity contribution in [1.82, 2.24) is 0 Å². The van der Waals surface area contributed by atoms with Crippen LogP contribution in [0.3, 0.4) is 0 Å². The van der Waals surface area contributed by atoms with E-state index < -0.39 is 11.7 Å². The first-order valence-corrected chi connectivity index (χ1v) is 6.09. The second kappa shape index (κ2) is 6.77. The van der Waals surface area contributed by atoms with Gasteiger partial charge in [0.05, 0.1) is 16.3 Å². The van der Waals surface area contributed by atoms with Crippen molar-refractivity contribution in [2.24, 2.45) is 5.73 Å². The average Bonchev–Trinajstić information content (AvgIpc) is 2.31. The molecule has 3 nitrogen and oxygen atoms in total. The standard InChI is InChI=1S/C12H14ClF3N2O/c13-9-7-8(12(14,15)16)4-5-10(9)18-11(19)3-1-2-6-17/h4-5,7H,1-3,6,17H2,(H,18,19). The van der Waals surface area contributed by atoms with E-state index in [1.165, 1.54) is 0 Å². The lowest BCUT2D eigenvalue weighted by atomic mass is 10.2. The van der Waals surface area contributed by atoms with Crippen LogP contribution in [0.15, 0.2) is 18.2 Å². The minimum Gasteiger partial charge on any atom is -0.330 e. The van der Waals surface area contributed by atoms with Crippen LogP contribution in [-0.2, 0) is 11.0 Å². The molecule has 0 unspecified atom stereocenters. The topological polar surface area (TPSA) is 55.1 Å². The monoisotopic (exact) mass is 294 g/mol. The SMILES string of the molecule is NCCCCC(=O)Nc1ccc(C(F)(F)F)cc1Cl. The number of amides is 1. The van der Waals surface area contributed by atoms with Crippen LogP contribution in [0, 0.1) is 0 Å². The number of carbonyl (C=O) groups is 1. The molecule has 0 aliphatic rings. The third-order valence-corrected chi connectivity index (χ3v) is 2.74. The molecule has 1 rings (SSSR count). The Bertz CT molecular complexity index is 449. The summed E-state index contributed by atoms with van der Waals surface area (Å²) >= 11 is 5.71. The van der Waals surface area contributed by atoms with E-state index in [1.54, 1.807) is 0 Å². The van der Waals surface area contributed by atoms with Gasteiger partial charge in [0.25, 0.3) is 0 Å². The third-order valence-electron chi connectivity index (χ3n) is 2.43. The summed E-state index contributed by atoms with van der Waals surface area (Å²) in [5, 5.41) is 2.33. The Morgan fingerprint density at radius 2 is 2.00 bits per heavy atom. The Balaban J connectivity index is 2.67. The van der Waals surface area contributed by atoms with E-state index in [-0.39, 0.29) is 23.0 Å². The number of unbranched alkanes of at least 4 members (excludes halogenated alkanes) is 1. The van der Waals surface area contributed by atoms with Crippen molar-refractivity contribution in [3.05, 3.63) is 28.8 Å². The second-order valence-corrected chi connectivity index (χ2v) is 4.39. The Kier molecular flexibility index (Phi) is 5.62. The molecule has 0 aromatic heterocycles. The first kappa shape index (κ1) is 15.8. The highest BCUT2D eigenvalue weighted by atomic mass is 35.5. The molecule has 0 saturated heterocycles. The number of carbonyl (C=O) groups excluding carboxylic acids is 1. The van der Waals surface area contributed by atoms with Crippen molar-refractivity contribution in [2.45, 2.75) is 25.4 Å². The summed E-state index contributed by atoms with van der Waals surface area (Å²) in [6, 6.07) is 2.81. The molecule has 7 heteroatoms. The molecule has 0 aliphatic heterocycles. The molecule has 3 N–H and O–H groups in total. The maximum Gasteiger partial charge on any atom is 0.416 e. The summed E-state index contributed by atoms with van der Waals surface area (Å²) in [5.41, 5.74) is 4.61. The molecule has 0 atom stereocenters. The molecule has 0 radical (unpaired) electrons. The van der Waals surface area contributed by atoms with Crippen LogP contribution in [0.4, 0.5) is 18.9 Å². The lowest BCUT2D eigenvalue weighted by Gasteiger charge is -2.11. The lowest BCUT2D eigenvalue weighted by molar-refractivity contribution is -0.137. The van der Waals surface area contributed by atoms with E-state index in [2.05, 4.69) is 5.32 Å². The maximum atomic E-state index is 12.4. The van der Waals surface area contributed by atoms with Gasteiger partial charge in [-0.1, -0.05) is 11.6 Å². The van der Waals surface area contributed by atoms with Gasteiger partial charge in [0.2, 0.25) is 5.91 Å². The second-order valence-electron chi connectivity index (χ2n) is 3.99. The van der Waals surface area contributed by atoms with Gasteiger partial charge in [-0.05, 0) is 37.6 Å². The number of rotatable bonds is 5. The molecule has 0 heterocycles. The van der Waals surface area contributed by atoms with Gasteiger partial charge in [-0.25, -0.2) is 0 Å². The van der Waals surface area contributed by atoms with E-state index >= 15 is 0 Å². The summed E-state index contributed by atoms with van der Waals surface area (Å²) in [6.45, 7) is 0.494. The Hall–Kier alpha value is -1.27. The number of alkyl halides is 3. The molecule has 106 valence electrons. The zero-order chi connectivity index (χ0) is 14.5. The number of nitrogens with two attached hydrogens (primary N) is 1. The van der Waals surface area contributed by atoms with E-state index in [4.69, 9.17) is 17.3 Å². The van der Waals surface area contributed by atoms with Crippen LogP contribution in [0.25, 0.3) is 0 Å². The van der Waals surface area contributed by atoms with Crippen LogP contribution < -0.4 is 11.1 Å². The average molecular weight is 295 g/mol. The van der Waals surface area contributed by atoms with Crippen LogP contribution in [0.1, 0.15) is 24.8 Å². The molecule has 0 spiro atoms. The van der Waals surface area contributed by atoms with E-state index in [9.17, 15) is 18.0 Å². The minimum atomic E-state index is -4.45. The highest BCUT2D eigenvalue weighted by Crippen LogP contribution is 2.33. The van der Waals surface area contributed by atoms with Gasteiger partial charge in [-0.3, -0.25) is 4.79 Å². The van der Waals surface area contributed by atoms with Crippen LogP contribution in [0.2, 0.25) is 5.02 Å². The first-order valence-electron chi connectivity index (χ1n) is 5.71. The van der Waals surface area contributed by atoms with Gasteiger partial charge >= 0.3 is 6.18 Å². The summed E-state index contributed by atoms with van der Waals surface area (Å²) in [5.74, 6) is -0.296. The molecule has 0 aliphatic carbocycles. The zero-order valence-electron chi connectivity index (χ0n) is 10.1. The molecule has 0 fully saturated rings. The van der Waals surface area contributed by atoms with E-state index in [1.807, 2.05) is 0 Å². The highest BCUT2D eigenvalue weighted by Gasteiger charge is 2.30. The van der Waals surface area contributed by atoms with Crippen LogP contribution >= 0.6 is 11.6 Å². The van der Waals surface area contributed by atoms with E-state index in [0.29, 0.717) is 19.4 Å².